The number of methoxy groups -OCH3 is 1. The molecule has 0 aliphatic heterocycles. The van der Waals surface area contributed by atoms with Crippen LogP contribution in [0, 0.1) is 0 Å². The summed E-state index contributed by atoms with van der Waals surface area (Å²) in [6, 6.07) is 6.80. The van der Waals surface area contributed by atoms with Crippen molar-refractivity contribution in [2.75, 3.05) is 13.7 Å². The van der Waals surface area contributed by atoms with Gasteiger partial charge in [0.25, 0.3) is 0 Å². The fraction of sp³-hybridized carbons (Fsp3) is 0.353. The Morgan fingerprint density at radius 3 is 2.71 bits per heavy atom. The zero-order valence-electron chi connectivity index (χ0n) is 12.8. The highest BCUT2D eigenvalue weighted by Crippen LogP contribution is 2.27. The van der Waals surface area contributed by atoms with Crippen molar-refractivity contribution >= 4 is 17.0 Å². The molecule has 1 aromatic carbocycles. The van der Waals surface area contributed by atoms with Gasteiger partial charge in [-0.2, -0.15) is 0 Å². The second kappa shape index (κ2) is 6.14. The summed E-state index contributed by atoms with van der Waals surface area (Å²) in [5.41, 5.74) is 0.704. The first-order valence-electron chi connectivity index (χ1n) is 6.90. The van der Waals surface area contributed by atoms with Gasteiger partial charge >= 0.3 is 5.63 Å². The van der Waals surface area contributed by atoms with Crippen LogP contribution in [0.15, 0.2) is 39.6 Å². The van der Waals surface area contributed by atoms with Crippen LogP contribution in [0.1, 0.15) is 26.3 Å². The minimum atomic E-state index is -0.370. The van der Waals surface area contributed by atoms with E-state index in [9.17, 15) is 4.79 Å². The normalized spacial score (nSPS) is 12.2. The van der Waals surface area contributed by atoms with Gasteiger partial charge in [-0.15, -0.1) is 0 Å². The van der Waals surface area contributed by atoms with Crippen molar-refractivity contribution in [2.24, 2.45) is 0 Å². The summed E-state index contributed by atoms with van der Waals surface area (Å²) in [6.45, 7) is 6.62. The third kappa shape index (κ3) is 3.73. The van der Waals surface area contributed by atoms with Gasteiger partial charge in [0.2, 0.25) is 0 Å². The van der Waals surface area contributed by atoms with Crippen LogP contribution in [-0.2, 0) is 4.74 Å². The standard InChI is InChI=1S/C17H20O4/c1-5-20-17(2,3)9-8-13-10-12-6-7-16(18)21-15(12)11-14(13)19-4/h6-11H,5H2,1-4H3. The summed E-state index contributed by atoms with van der Waals surface area (Å²) in [5.74, 6) is 0.653. The van der Waals surface area contributed by atoms with Crippen molar-refractivity contribution in [2.45, 2.75) is 26.4 Å². The van der Waals surface area contributed by atoms with Crippen LogP contribution in [0.3, 0.4) is 0 Å². The fourth-order valence-corrected chi connectivity index (χ4v) is 2.13. The SMILES string of the molecule is CCOC(C)(C)C=Cc1cc2ccc(=O)oc2cc1OC. The first-order valence-corrected chi connectivity index (χ1v) is 6.90. The van der Waals surface area contributed by atoms with Crippen LogP contribution < -0.4 is 10.4 Å². The monoisotopic (exact) mass is 288 g/mol. The molecule has 0 radical (unpaired) electrons. The van der Waals surface area contributed by atoms with Gasteiger partial charge in [-0.25, -0.2) is 4.79 Å². The van der Waals surface area contributed by atoms with Gasteiger partial charge in [-0.3, -0.25) is 0 Å². The third-order valence-electron chi connectivity index (χ3n) is 3.15. The molecular weight excluding hydrogens is 268 g/mol. The first kappa shape index (κ1) is 15.3. The van der Waals surface area contributed by atoms with Crippen molar-refractivity contribution < 1.29 is 13.9 Å². The lowest BCUT2D eigenvalue weighted by Crippen LogP contribution is -2.20. The second-order valence-electron chi connectivity index (χ2n) is 5.26. The van der Waals surface area contributed by atoms with E-state index in [1.807, 2.05) is 39.0 Å². The quantitative estimate of drug-likeness (QED) is 0.788. The predicted octanol–water partition coefficient (Wildman–Crippen LogP) is 3.63. The van der Waals surface area contributed by atoms with Gasteiger partial charge in [-0.05, 0) is 32.9 Å². The van der Waals surface area contributed by atoms with Crippen molar-refractivity contribution in [1.82, 2.24) is 0 Å². The highest BCUT2D eigenvalue weighted by atomic mass is 16.5. The molecule has 0 amide bonds. The average Bonchev–Trinajstić information content (AvgIpc) is 2.44. The molecular formula is C17H20O4. The van der Waals surface area contributed by atoms with E-state index in [-0.39, 0.29) is 11.2 Å². The predicted molar refractivity (Wildman–Crippen MR) is 83.8 cm³/mol. The van der Waals surface area contributed by atoms with Crippen LogP contribution in [-0.4, -0.2) is 19.3 Å². The third-order valence-corrected chi connectivity index (χ3v) is 3.15. The Kier molecular flexibility index (Phi) is 4.48. The smallest absolute Gasteiger partial charge is 0.336 e. The summed E-state index contributed by atoms with van der Waals surface area (Å²) in [7, 11) is 1.59. The Balaban J connectivity index is 2.45. The minimum absolute atomic E-state index is 0.349. The first-order chi connectivity index (χ1) is 9.95. The Labute approximate surface area is 124 Å². The van der Waals surface area contributed by atoms with E-state index in [0.29, 0.717) is 17.9 Å². The molecule has 0 aliphatic carbocycles. The minimum Gasteiger partial charge on any atom is -0.496 e. The molecule has 0 fully saturated rings. The van der Waals surface area contributed by atoms with Crippen molar-refractivity contribution in [3.63, 3.8) is 0 Å². The van der Waals surface area contributed by atoms with E-state index in [1.165, 1.54) is 6.07 Å². The molecule has 4 heteroatoms. The highest BCUT2D eigenvalue weighted by Gasteiger charge is 2.13. The summed E-state index contributed by atoms with van der Waals surface area (Å²) in [5, 5.41) is 0.851. The molecule has 0 saturated heterocycles. The summed E-state index contributed by atoms with van der Waals surface area (Å²) < 4.78 is 16.2. The Bertz CT molecular complexity index is 710. The maximum Gasteiger partial charge on any atom is 0.336 e. The zero-order chi connectivity index (χ0) is 15.5. The van der Waals surface area contributed by atoms with Crippen LogP contribution in [0.2, 0.25) is 0 Å². The molecule has 0 spiro atoms. The number of benzene rings is 1. The van der Waals surface area contributed by atoms with E-state index >= 15 is 0 Å². The Hall–Kier alpha value is -2.07. The largest absolute Gasteiger partial charge is 0.496 e. The molecule has 4 nitrogen and oxygen atoms in total. The van der Waals surface area contributed by atoms with Gasteiger partial charge in [-0.1, -0.05) is 12.2 Å². The van der Waals surface area contributed by atoms with Crippen molar-refractivity contribution in [3.05, 3.63) is 46.3 Å². The lowest BCUT2D eigenvalue weighted by molar-refractivity contribution is 0.0291. The number of hydrogen-bond donors (Lipinski definition) is 0. The van der Waals surface area contributed by atoms with E-state index in [1.54, 1.807) is 19.2 Å². The highest BCUT2D eigenvalue weighted by molar-refractivity contribution is 5.82. The van der Waals surface area contributed by atoms with Gasteiger partial charge in [0.1, 0.15) is 11.3 Å². The molecule has 0 aliphatic rings. The number of rotatable bonds is 5. The Morgan fingerprint density at radius 1 is 1.29 bits per heavy atom. The number of hydrogen-bond acceptors (Lipinski definition) is 4. The van der Waals surface area contributed by atoms with Crippen molar-refractivity contribution in [3.8, 4) is 5.75 Å². The fourth-order valence-electron chi connectivity index (χ4n) is 2.13. The van der Waals surface area contributed by atoms with Crippen LogP contribution in [0.5, 0.6) is 5.75 Å². The molecule has 21 heavy (non-hydrogen) atoms. The van der Waals surface area contributed by atoms with Crippen molar-refractivity contribution in [1.29, 1.82) is 0 Å². The van der Waals surface area contributed by atoms with Crippen LogP contribution in [0.4, 0.5) is 0 Å². The van der Waals surface area contributed by atoms with Gasteiger partial charge < -0.3 is 13.9 Å². The van der Waals surface area contributed by atoms with E-state index < -0.39 is 0 Å². The maximum absolute atomic E-state index is 11.3. The molecule has 1 heterocycles. The average molecular weight is 288 g/mol. The van der Waals surface area contributed by atoms with Crippen LogP contribution in [0.25, 0.3) is 17.0 Å². The number of fused-ring (bicyclic) bond motifs is 1. The van der Waals surface area contributed by atoms with Gasteiger partial charge in [0.05, 0.1) is 12.7 Å². The van der Waals surface area contributed by atoms with Gasteiger partial charge in [0, 0.05) is 29.7 Å². The lowest BCUT2D eigenvalue weighted by Gasteiger charge is -2.20. The molecule has 112 valence electrons. The lowest BCUT2D eigenvalue weighted by atomic mass is 10.0. The topological polar surface area (TPSA) is 48.7 Å². The molecule has 0 N–H and O–H groups in total. The van der Waals surface area contributed by atoms with E-state index in [2.05, 4.69) is 0 Å². The molecule has 1 aromatic heterocycles. The van der Waals surface area contributed by atoms with Crippen LogP contribution >= 0.6 is 0 Å². The van der Waals surface area contributed by atoms with E-state index in [4.69, 9.17) is 13.9 Å². The Morgan fingerprint density at radius 2 is 2.05 bits per heavy atom. The summed E-state index contributed by atoms with van der Waals surface area (Å²) >= 11 is 0. The molecule has 0 unspecified atom stereocenters. The zero-order valence-corrected chi connectivity index (χ0v) is 12.8. The summed E-state index contributed by atoms with van der Waals surface area (Å²) in [6.07, 6.45) is 3.94. The molecule has 0 saturated carbocycles. The molecule has 2 aromatic rings. The number of ether oxygens (including phenoxy) is 2. The summed E-state index contributed by atoms with van der Waals surface area (Å²) in [4.78, 5) is 11.3. The molecule has 0 bridgehead atoms. The van der Waals surface area contributed by atoms with E-state index in [0.717, 1.165) is 10.9 Å². The second-order valence-corrected chi connectivity index (χ2v) is 5.26. The molecule has 2 rings (SSSR count). The molecule has 0 atom stereocenters. The van der Waals surface area contributed by atoms with Gasteiger partial charge in [0.15, 0.2) is 0 Å². The maximum atomic E-state index is 11.3.